The summed E-state index contributed by atoms with van der Waals surface area (Å²) in [5.74, 6) is 0.920. The number of carbonyl (C=O) groups is 1. The van der Waals surface area contributed by atoms with Crippen LogP contribution in [0.2, 0.25) is 0 Å². The number of nitrogens with one attached hydrogen (secondary N) is 1. The van der Waals surface area contributed by atoms with Gasteiger partial charge in [0, 0.05) is 18.7 Å². The highest BCUT2D eigenvalue weighted by Gasteiger charge is 2.17. The molecular weight excluding hydrogens is 234 g/mol. The van der Waals surface area contributed by atoms with Gasteiger partial charge in [0.1, 0.15) is 11.5 Å². The van der Waals surface area contributed by atoms with Gasteiger partial charge < -0.3 is 19.9 Å². The molecule has 0 spiro atoms. The average molecular weight is 253 g/mol. The van der Waals surface area contributed by atoms with Crippen molar-refractivity contribution < 1.29 is 19.4 Å². The number of hydrogen-bond donors (Lipinski definition) is 2. The first-order valence-electron chi connectivity index (χ1n) is 5.82. The monoisotopic (exact) mass is 253 g/mol. The third-order valence-corrected chi connectivity index (χ3v) is 2.62. The van der Waals surface area contributed by atoms with Gasteiger partial charge in [-0.15, -0.1) is 0 Å². The summed E-state index contributed by atoms with van der Waals surface area (Å²) in [6.07, 6.45) is 0.0451. The van der Waals surface area contributed by atoms with Gasteiger partial charge in [-0.05, 0) is 18.6 Å². The van der Waals surface area contributed by atoms with Gasteiger partial charge >= 0.3 is 0 Å². The maximum absolute atomic E-state index is 11.5. The number of aliphatic hydroxyl groups is 1. The minimum atomic E-state index is -0.528. The Hall–Kier alpha value is -1.75. The fourth-order valence-corrected chi connectivity index (χ4v) is 1.58. The predicted molar refractivity (Wildman–Crippen MR) is 67.7 cm³/mol. The molecule has 0 aliphatic heterocycles. The molecular formula is C13H19NO4. The lowest BCUT2D eigenvalue weighted by Gasteiger charge is -2.17. The van der Waals surface area contributed by atoms with Gasteiger partial charge in [-0.25, -0.2) is 0 Å². The van der Waals surface area contributed by atoms with Crippen LogP contribution in [0, 0.1) is 0 Å². The minimum Gasteiger partial charge on any atom is -0.496 e. The van der Waals surface area contributed by atoms with E-state index in [4.69, 9.17) is 14.6 Å². The molecule has 1 amide bonds. The second kappa shape index (κ2) is 6.86. The van der Waals surface area contributed by atoms with Gasteiger partial charge in [0.2, 0.25) is 0 Å². The Kier molecular flexibility index (Phi) is 5.45. The lowest BCUT2D eigenvalue weighted by Crippen LogP contribution is -2.35. The normalized spacial score (nSPS) is 11.8. The van der Waals surface area contributed by atoms with E-state index < -0.39 is 6.10 Å². The van der Waals surface area contributed by atoms with Crippen molar-refractivity contribution in [1.29, 1.82) is 0 Å². The van der Waals surface area contributed by atoms with E-state index >= 15 is 0 Å². The van der Waals surface area contributed by atoms with Crippen molar-refractivity contribution in [3.63, 3.8) is 0 Å². The van der Waals surface area contributed by atoms with Crippen LogP contribution in [0.4, 0.5) is 0 Å². The van der Waals surface area contributed by atoms with Crippen molar-refractivity contribution >= 4 is 5.91 Å². The van der Waals surface area contributed by atoms with E-state index in [2.05, 4.69) is 5.32 Å². The molecule has 1 unspecified atom stereocenters. The number of benzene rings is 1. The topological polar surface area (TPSA) is 67.8 Å². The zero-order chi connectivity index (χ0) is 13.5. The molecule has 1 rings (SSSR count). The SMILES string of the molecule is CCC(Oc1ccc(CO)c(OC)c1)C(=O)NC. The minimum absolute atomic E-state index is 0.101. The van der Waals surface area contributed by atoms with Gasteiger partial charge in [-0.1, -0.05) is 6.92 Å². The molecule has 0 aromatic heterocycles. The van der Waals surface area contributed by atoms with Crippen molar-refractivity contribution in [2.45, 2.75) is 26.1 Å². The van der Waals surface area contributed by atoms with Crippen LogP contribution in [0.25, 0.3) is 0 Å². The zero-order valence-corrected chi connectivity index (χ0v) is 10.9. The Morgan fingerprint density at radius 1 is 1.50 bits per heavy atom. The number of methoxy groups -OCH3 is 1. The molecule has 100 valence electrons. The number of ether oxygens (including phenoxy) is 2. The lowest BCUT2D eigenvalue weighted by molar-refractivity contribution is -0.127. The summed E-state index contributed by atoms with van der Waals surface area (Å²) >= 11 is 0. The number of amides is 1. The highest BCUT2D eigenvalue weighted by Crippen LogP contribution is 2.25. The van der Waals surface area contributed by atoms with Crippen molar-refractivity contribution in [3.8, 4) is 11.5 Å². The largest absolute Gasteiger partial charge is 0.496 e. The van der Waals surface area contributed by atoms with Crippen molar-refractivity contribution in [2.75, 3.05) is 14.2 Å². The Labute approximate surface area is 107 Å². The van der Waals surface area contributed by atoms with Gasteiger partial charge in [0.05, 0.1) is 13.7 Å². The van der Waals surface area contributed by atoms with Crippen LogP contribution in [-0.4, -0.2) is 31.3 Å². The van der Waals surface area contributed by atoms with E-state index in [9.17, 15) is 4.79 Å². The molecule has 18 heavy (non-hydrogen) atoms. The van der Waals surface area contributed by atoms with Crippen LogP contribution in [0.15, 0.2) is 18.2 Å². The van der Waals surface area contributed by atoms with Crippen molar-refractivity contribution in [2.24, 2.45) is 0 Å². The number of aliphatic hydroxyl groups excluding tert-OH is 1. The first-order valence-corrected chi connectivity index (χ1v) is 5.82. The summed E-state index contributed by atoms with van der Waals surface area (Å²) in [6, 6.07) is 5.08. The quantitative estimate of drug-likeness (QED) is 0.796. The first-order chi connectivity index (χ1) is 8.65. The van der Waals surface area contributed by atoms with E-state index in [0.717, 1.165) is 0 Å². The zero-order valence-electron chi connectivity index (χ0n) is 10.9. The van der Waals surface area contributed by atoms with Gasteiger partial charge in [0.25, 0.3) is 5.91 Å². The van der Waals surface area contributed by atoms with E-state index in [-0.39, 0.29) is 12.5 Å². The molecule has 0 saturated carbocycles. The lowest BCUT2D eigenvalue weighted by atomic mass is 10.2. The molecule has 0 radical (unpaired) electrons. The molecule has 0 saturated heterocycles. The Morgan fingerprint density at radius 2 is 2.22 bits per heavy atom. The standard InChI is InChI=1S/C13H19NO4/c1-4-11(13(16)14-2)18-10-6-5-9(8-15)12(7-10)17-3/h5-7,11,15H,4,8H2,1-3H3,(H,14,16). The van der Waals surface area contributed by atoms with Crippen LogP contribution in [0.1, 0.15) is 18.9 Å². The molecule has 0 aliphatic rings. The Balaban J connectivity index is 2.87. The van der Waals surface area contributed by atoms with Gasteiger partial charge in [-0.3, -0.25) is 4.79 Å². The number of rotatable bonds is 6. The average Bonchev–Trinajstić information content (AvgIpc) is 2.43. The molecule has 0 fully saturated rings. The van der Waals surface area contributed by atoms with Crippen LogP contribution in [-0.2, 0) is 11.4 Å². The van der Waals surface area contributed by atoms with Crippen molar-refractivity contribution in [3.05, 3.63) is 23.8 Å². The van der Waals surface area contributed by atoms with E-state index in [0.29, 0.717) is 23.5 Å². The smallest absolute Gasteiger partial charge is 0.260 e. The summed E-state index contributed by atoms with van der Waals surface area (Å²) in [5, 5.41) is 11.7. The Morgan fingerprint density at radius 3 is 2.72 bits per heavy atom. The number of carbonyl (C=O) groups excluding carboxylic acids is 1. The third kappa shape index (κ3) is 3.37. The third-order valence-electron chi connectivity index (χ3n) is 2.62. The number of likely N-dealkylation sites (N-methyl/N-ethyl adjacent to an activating group) is 1. The second-order valence-electron chi connectivity index (χ2n) is 3.76. The van der Waals surface area contributed by atoms with Gasteiger partial charge in [-0.2, -0.15) is 0 Å². The molecule has 2 N–H and O–H groups in total. The van der Waals surface area contributed by atoms with Crippen LogP contribution in [0.3, 0.4) is 0 Å². The maximum Gasteiger partial charge on any atom is 0.260 e. The molecule has 1 aromatic carbocycles. The fourth-order valence-electron chi connectivity index (χ4n) is 1.58. The highest BCUT2D eigenvalue weighted by atomic mass is 16.5. The fraction of sp³-hybridized carbons (Fsp3) is 0.462. The van der Waals surface area contributed by atoms with Crippen LogP contribution >= 0.6 is 0 Å². The van der Waals surface area contributed by atoms with E-state index in [1.165, 1.54) is 7.11 Å². The van der Waals surface area contributed by atoms with Crippen LogP contribution < -0.4 is 14.8 Å². The summed E-state index contributed by atoms with van der Waals surface area (Å²) in [5.41, 5.74) is 0.679. The molecule has 5 heteroatoms. The number of hydrogen-bond acceptors (Lipinski definition) is 4. The van der Waals surface area contributed by atoms with Crippen LogP contribution in [0.5, 0.6) is 11.5 Å². The highest BCUT2D eigenvalue weighted by molar-refractivity contribution is 5.80. The predicted octanol–water partition coefficient (Wildman–Crippen LogP) is 1.09. The Bertz CT molecular complexity index is 406. The molecule has 5 nitrogen and oxygen atoms in total. The van der Waals surface area contributed by atoms with E-state index in [1.807, 2.05) is 6.92 Å². The second-order valence-corrected chi connectivity index (χ2v) is 3.76. The van der Waals surface area contributed by atoms with E-state index in [1.54, 1.807) is 25.2 Å². The molecule has 0 heterocycles. The summed E-state index contributed by atoms with van der Waals surface area (Å²) in [4.78, 5) is 11.5. The molecule has 0 bridgehead atoms. The molecule has 0 aliphatic carbocycles. The van der Waals surface area contributed by atoms with Gasteiger partial charge in [0.15, 0.2) is 6.10 Å². The maximum atomic E-state index is 11.5. The summed E-state index contributed by atoms with van der Waals surface area (Å²) in [6.45, 7) is 1.77. The summed E-state index contributed by atoms with van der Waals surface area (Å²) < 4.78 is 10.7. The molecule has 1 atom stereocenters. The van der Waals surface area contributed by atoms with Crippen molar-refractivity contribution in [1.82, 2.24) is 5.32 Å². The first kappa shape index (κ1) is 14.3. The summed E-state index contributed by atoms with van der Waals surface area (Å²) in [7, 11) is 3.10. The molecule has 1 aromatic rings.